The molecule has 1 heterocycles. The molecule has 0 unspecified atom stereocenters. The molecule has 0 fully saturated rings. The maximum atomic E-state index is 12.8. The van der Waals surface area contributed by atoms with E-state index in [9.17, 15) is 27.2 Å². The van der Waals surface area contributed by atoms with Crippen molar-refractivity contribution in [1.82, 2.24) is 14.3 Å². The third-order valence-electron chi connectivity index (χ3n) is 3.25. The van der Waals surface area contributed by atoms with Gasteiger partial charge in [-0.2, -0.15) is 13.9 Å². The van der Waals surface area contributed by atoms with Crippen LogP contribution in [-0.2, 0) is 4.79 Å². The fraction of sp³-hybridized carbons (Fsp3) is 0.357. The molecule has 6 nitrogen and oxygen atoms in total. The summed E-state index contributed by atoms with van der Waals surface area (Å²) in [4.78, 5) is 23.3. The van der Waals surface area contributed by atoms with Gasteiger partial charge in [0, 0.05) is 0 Å². The number of carbonyl (C=O) groups excluding carboxylic acids is 1. The summed E-state index contributed by atoms with van der Waals surface area (Å²) in [5.74, 6) is -4.34. The number of aromatic nitrogens is 3. The Hall–Kier alpha value is -2.36. The van der Waals surface area contributed by atoms with E-state index in [1.54, 1.807) is 0 Å². The normalized spacial score (nSPS) is 13.1. The number of alkyl halides is 4. The van der Waals surface area contributed by atoms with Crippen LogP contribution in [0.5, 0.6) is 5.75 Å². The molecule has 1 aromatic heterocycles. The van der Waals surface area contributed by atoms with Crippen molar-refractivity contribution < 1.29 is 27.1 Å². The Balaban J connectivity index is 2.16. The van der Waals surface area contributed by atoms with Crippen LogP contribution in [0.3, 0.4) is 0 Å². The summed E-state index contributed by atoms with van der Waals surface area (Å²) in [6.07, 6.45) is -2.68. The minimum Gasteiger partial charge on any atom is -0.487 e. The Morgan fingerprint density at radius 1 is 1.32 bits per heavy atom. The Kier molecular flexibility index (Phi) is 5.51. The van der Waals surface area contributed by atoms with Crippen LogP contribution < -0.4 is 10.4 Å². The van der Waals surface area contributed by atoms with Gasteiger partial charge in [-0.25, -0.2) is 22.8 Å². The second-order valence-electron chi connectivity index (χ2n) is 5.05. The van der Waals surface area contributed by atoms with Gasteiger partial charge in [0.15, 0.2) is 6.61 Å². The standard InChI is InChI=1S/C14H12ClF4N3O3/c1-8(11(15)23)22-13(24)21(7-20-22)9-2-4-10(5-3-9)25-6-14(18,19)12(16)17/h2-5,7-8,12H,6H2,1H3/t8-/m1/s1. The van der Waals surface area contributed by atoms with Crippen LogP contribution in [0.2, 0.25) is 0 Å². The molecule has 11 heteroatoms. The molecule has 136 valence electrons. The van der Waals surface area contributed by atoms with Crippen molar-refractivity contribution in [3.63, 3.8) is 0 Å². The van der Waals surface area contributed by atoms with Crippen molar-refractivity contribution >= 4 is 16.8 Å². The number of hydrogen-bond donors (Lipinski definition) is 0. The second-order valence-corrected chi connectivity index (χ2v) is 5.42. The maximum absolute atomic E-state index is 12.8. The molecule has 0 saturated heterocycles. The zero-order valence-electron chi connectivity index (χ0n) is 12.7. The number of carbonyl (C=O) groups is 1. The number of nitrogens with zero attached hydrogens (tertiary/aromatic N) is 3. The van der Waals surface area contributed by atoms with Crippen LogP contribution in [0, 0.1) is 0 Å². The Morgan fingerprint density at radius 3 is 2.44 bits per heavy atom. The predicted octanol–water partition coefficient (Wildman–Crippen LogP) is 2.64. The summed E-state index contributed by atoms with van der Waals surface area (Å²) < 4.78 is 56.3. The van der Waals surface area contributed by atoms with Gasteiger partial charge in [-0.05, 0) is 42.8 Å². The summed E-state index contributed by atoms with van der Waals surface area (Å²) in [5.41, 5.74) is -0.335. The molecule has 0 saturated carbocycles. The average Bonchev–Trinajstić information content (AvgIpc) is 2.94. The summed E-state index contributed by atoms with van der Waals surface area (Å²) in [7, 11) is 0. The highest BCUT2D eigenvalue weighted by Gasteiger charge is 2.41. The van der Waals surface area contributed by atoms with E-state index in [4.69, 9.17) is 11.6 Å². The molecule has 0 amide bonds. The smallest absolute Gasteiger partial charge is 0.351 e. The molecule has 0 spiro atoms. The van der Waals surface area contributed by atoms with Crippen molar-refractivity contribution in [2.24, 2.45) is 0 Å². The van der Waals surface area contributed by atoms with Crippen LogP contribution in [0.4, 0.5) is 17.6 Å². The average molecular weight is 382 g/mol. The molecule has 2 rings (SSSR count). The van der Waals surface area contributed by atoms with Crippen LogP contribution in [-0.4, -0.2) is 38.5 Å². The molecule has 0 N–H and O–H groups in total. The van der Waals surface area contributed by atoms with E-state index in [2.05, 4.69) is 9.84 Å². The van der Waals surface area contributed by atoms with Gasteiger partial charge in [0.2, 0.25) is 5.24 Å². The minimum atomic E-state index is -4.26. The first-order valence-electron chi connectivity index (χ1n) is 6.88. The molecule has 0 aliphatic rings. The molecule has 0 bridgehead atoms. The van der Waals surface area contributed by atoms with Gasteiger partial charge in [0.25, 0.3) is 0 Å². The molecule has 0 aliphatic heterocycles. The number of halogens is 5. The zero-order chi connectivity index (χ0) is 18.8. The second kappa shape index (κ2) is 7.26. The van der Waals surface area contributed by atoms with Crippen molar-refractivity contribution in [1.29, 1.82) is 0 Å². The summed E-state index contributed by atoms with van der Waals surface area (Å²) in [6, 6.07) is 4.19. The van der Waals surface area contributed by atoms with Crippen LogP contribution >= 0.6 is 11.6 Å². The van der Waals surface area contributed by atoms with Gasteiger partial charge in [-0.1, -0.05) is 0 Å². The molecular weight excluding hydrogens is 370 g/mol. The van der Waals surface area contributed by atoms with Crippen LogP contribution in [0.15, 0.2) is 35.4 Å². The first-order valence-corrected chi connectivity index (χ1v) is 7.26. The highest BCUT2D eigenvalue weighted by molar-refractivity contribution is 6.64. The lowest BCUT2D eigenvalue weighted by Gasteiger charge is -2.16. The lowest BCUT2D eigenvalue weighted by Crippen LogP contribution is -2.33. The van der Waals surface area contributed by atoms with Gasteiger partial charge in [0.1, 0.15) is 18.1 Å². The van der Waals surface area contributed by atoms with Gasteiger partial charge < -0.3 is 4.74 Å². The van der Waals surface area contributed by atoms with Crippen molar-refractivity contribution in [2.45, 2.75) is 25.3 Å². The third-order valence-corrected chi connectivity index (χ3v) is 3.57. The first kappa shape index (κ1) is 19.0. The molecule has 1 aromatic carbocycles. The van der Waals surface area contributed by atoms with E-state index in [1.807, 2.05) is 0 Å². The highest BCUT2D eigenvalue weighted by atomic mass is 35.5. The fourth-order valence-corrected chi connectivity index (χ4v) is 1.89. The van der Waals surface area contributed by atoms with Crippen molar-refractivity contribution in [3.05, 3.63) is 41.1 Å². The largest absolute Gasteiger partial charge is 0.487 e. The number of ether oxygens (including phenoxy) is 1. The Labute approximate surface area is 143 Å². The number of benzene rings is 1. The van der Waals surface area contributed by atoms with Crippen LogP contribution in [0.25, 0.3) is 5.69 Å². The molecular formula is C14H12ClF4N3O3. The first-order chi connectivity index (χ1) is 11.6. The monoisotopic (exact) mass is 381 g/mol. The lowest BCUT2D eigenvalue weighted by atomic mass is 10.3. The van der Waals surface area contributed by atoms with E-state index in [-0.39, 0.29) is 5.75 Å². The van der Waals surface area contributed by atoms with Gasteiger partial charge in [0.05, 0.1) is 5.69 Å². The van der Waals surface area contributed by atoms with Gasteiger partial charge in [-0.3, -0.25) is 4.79 Å². The molecule has 0 aliphatic carbocycles. The number of hydrogen-bond acceptors (Lipinski definition) is 4. The van der Waals surface area contributed by atoms with E-state index in [0.717, 1.165) is 15.6 Å². The van der Waals surface area contributed by atoms with Crippen LogP contribution in [0.1, 0.15) is 13.0 Å². The topological polar surface area (TPSA) is 66.1 Å². The minimum absolute atomic E-state index is 0.0752. The fourth-order valence-electron chi connectivity index (χ4n) is 1.80. The van der Waals surface area contributed by atoms with Crippen molar-refractivity contribution in [3.8, 4) is 11.4 Å². The summed E-state index contributed by atoms with van der Waals surface area (Å²) >= 11 is 5.33. The Bertz CT molecular complexity index is 804. The molecule has 0 radical (unpaired) electrons. The van der Waals surface area contributed by atoms with E-state index >= 15 is 0 Å². The summed E-state index contributed by atoms with van der Waals surface area (Å²) in [5, 5.41) is 3.00. The highest BCUT2D eigenvalue weighted by Crippen LogP contribution is 2.24. The van der Waals surface area contributed by atoms with Gasteiger partial charge in [-0.15, -0.1) is 0 Å². The zero-order valence-corrected chi connectivity index (χ0v) is 13.5. The quantitative estimate of drug-likeness (QED) is 0.546. The van der Waals surface area contributed by atoms with Crippen molar-refractivity contribution in [2.75, 3.05) is 6.61 Å². The predicted molar refractivity (Wildman–Crippen MR) is 79.8 cm³/mol. The summed E-state index contributed by atoms with van der Waals surface area (Å²) in [6.45, 7) is -0.0779. The SMILES string of the molecule is C[C@H](C(=O)Cl)n1ncn(-c2ccc(OCC(F)(F)C(F)F)cc2)c1=O. The van der Waals surface area contributed by atoms with Gasteiger partial charge >= 0.3 is 18.0 Å². The number of rotatable bonds is 7. The van der Waals surface area contributed by atoms with E-state index in [0.29, 0.717) is 5.69 Å². The van der Waals surface area contributed by atoms with E-state index < -0.39 is 35.9 Å². The molecule has 2 aromatic rings. The lowest BCUT2D eigenvalue weighted by molar-refractivity contribution is -0.148. The maximum Gasteiger partial charge on any atom is 0.351 e. The Morgan fingerprint density at radius 2 is 1.92 bits per heavy atom. The van der Waals surface area contributed by atoms with E-state index in [1.165, 1.54) is 31.2 Å². The third kappa shape index (κ3) is 4.19. The molecule has 1 atom stereocenters. The molecule has 25 heavy (non-hydrogen) atoms.